The standard InChI is InChI=1S/C22H29N5O3S/c1-3-26(4-2)16-17-27-20-13-9-8-12-19(20)24-22(27)25-21(28)14-15-23-31(29,30)18-10-6-5-7-11-18/h5-13,23H,3-4,14-17H2,1-2H3,(H,24,25,28). The highest BCUT2D eigenvalue weighted by atomic mass is 32.2. The molecule has 31 heavy (non-hydrogen) atoms. The molecule has 2 N–H and O–H groups in total. The van der Waals surface area contributed by atoms with Crippen molar-refractivity contribution in [2.75, 3.05) is 31.5 Å². The molecular formula is C22H29N5O3S. The van der Waals surface area contributed by atoms with Crippen molar-refractivity contribution in [3.05, 3.63) is 54.6 Å². The smallest absolute Gasteiger partial charge is 0.240 e. The number of hydrogen-bond donors (Lipinski definition) is 2. The van der Waals surface area contributed by atoms with Crippen molar-refractivity contribution in [1.82, 2.24) is 19.2 Å². The topological polar surface area (TPSA) is 96.3 Å². The van der Waals surface area contributed by atoms with E-state index in [0.29, 0.717) is 12.5 Å². The van der Waals surface area contributed by atoms with Crippen LogP contribution in [0, 0.1) is 0 Å². The molecule has 0 radical (unpaired) electrons. The van der Waals surface area contributed by atoms with Crippen molar-refractivity contribution in [1.29, 1.82) is 0 Å². The number of amides is 1. The number of carbonyl (C=O) groups excluding carboxylic acids is 1. The van der Waals surface area contributed by atoms with Gasteiger partial charge in [0.15, 0.2) is 0 Å². The first-order valence-corrected chi connectivity index (χ1v) is 11.9. The van der Waals surface area contributed by atoms with Crippen LogP contribution < -0.4 is 10.0 Å². The lowest BCUT2D eigenvalue weighted by molar-refractivity contribution is -0.116. The van der Waals surface area contributed by atoms with Crippen molar-refractivity contribution < 1.29 is 13.2 Å². The molecule has 1 aromatic heterocycles. The third kappa shape index (κ3) is 5.90. The van der Waals surface area contributed by atoms with Gasteiger partial charge in [-0.05, 0) is 37.4 Å². The average Bonchev–Trinajstić information content (AvgIpc) is 3.12. The summed E-state index contributed by atoms with van der Waals surface area (Å²) in [7, 11) is -3.64. The Bertz CT molecular complexity index is 1110. The summed E-state index contributed by atoms with van der Waals surface area (Å²) in [5.74, 6) is 0.180. The minimum atomic E-state index is -3.64. The van der Waals surface area contributed by atoms with E-state index in [1.165, 1.54) is 12.1 Å². The molecule has 0 fully saturated rings. The van der Waals surface area contributed by atoms with E-state index in [1.54, 1.807) is 18.2 Å². The number of carbonyl (C=O) groups is 1. The number of fused-ring (bicyclic) bond motifs is 1. The maximum atomic E-state index is 12.5. The predicted octanol–water partition coefficient (Wildman–Crippen LogP) is 2.69. The molecule has 0 aliphatic carbocycles. The van der Waals surface area contributed by atoms with Crippen LogP contribution in [0.15, 0.2) is 59.5 Å². The van der Waals surface area contributed by atoms with E-state index in [9.17, 15) is 13.2 Å². The summed E-state index contributed by atoms with van der Waals surface area (Å²) < 4.78 is 29.0. The fourth-order valence-electron chi connectivity index (χ4n) is 3.35. The second-order valence-electron chi connectivity index (χ2n) is 7.11. The van der Waals surface area contributed by atoms with Gasteiger partial charge in [0.1, 0.15) is 0 Å². The highest BCUT2D eigenvalue weighted by molar-refractivity contribution is 7.89. The van der Waals surface area contributed by atoms with Gasteiger partial charge in [0, 0.05) is 26.1 Å². The highest BCUT2D eigenvalue weighted by Gasteiger charge is 2.16. The molecule has 8 nitrogen and oxygen atoms in total. The van der Waals surface area contributed by atoms with Gasteiger partial charge >= 0.3 is 0 Å². The number of para-hydroxylation sites is 2. The van der Waals surface area contributed by atoms with Gasteiger partial charge in [-0.3, -0.25) is 10.1 Å². The molecule has 0 bridgehead atoms. The molecule has 3 aromatic rings. The van der Waals surface area contributed by atoms with Gasteiger partial charge in [-0.15, -0.1) is 0 Å². The number of sulfonamides is 1. The van der Waals surface area contributed by atoms with E-state index >= 15 is 0 Å². The fourth-order valence-corrected chi connectivity index (χ4v) is 4.40. The lowest BCUT2D eigenvalue weighted by Gasteiger charge is -2.19. The summed E-state index contributed by atoms with van der Waals surface area (Å²) in [4.78, 5) is 19.5. The molecule has 0 aliphatic rings. The molecule has 0 spiro atoms. The molecule has 0 saturated heterocycles. The second-order valence-corrected chi connectivity index (χ2v) is 8.88. The molecule has 0 unspecified atom stereocenters. The van der Waals surface area contributed by atoms with Crippen LogP contribution in [-0.4, -0.2) is 55.0 Å². The third-order valence-electron chi connectivity index (χ3n) is 5.14. The van der Waals surface area contributed by atoms with Gasteiger partial charge in [-0.2, -0.15) is 0 Å². The molecule has 0 saturated carbocycles. The Kier molecular flexibility index (Phi) is 7.78. The number of benzene rings is 2. The zero-order chi connectivity index (χ0) is 22.3. The molecule has 1 amide bonds. The lowest BCUT2D eigenvalue weighted by Crippen LogP contribution is -2.29. The number of imidazole rings is 1. The quantitative estimate of drug-likeness (QED) is 0.475. The first kappa shape index (κ1) is 22.9. The molecule has 0 atom stereocenters. The average molecular weight is 444 g/mol. The van der Waals surface area contributed by atoms with E-state index in [2.05, 4.69) is 33.8 Å². The Labute approximate surface area is 183 Å². The first-order chi connectivity index (χ1) is 14.9. The molecule has 1 heterocycles. The van der Waals surface area contributed by atoms with Crippen LogP contribution >= 0.6 is 0 Å². The number of hydrogen-bond acceptors (Lipinski definition) is 5. The Morgan fingerprint density at radius 1 is 1.03 bits per heavy atom. The monoisotopic (exact) mass is 443 g/mol. The van der Waals surface area contributed by atoms with Crippen LogP contribution in [0.4, 0.5) is 5.95 Å². The zero-order valence-corrected chi connectivity index (χ0v) is 18.7. The van der Waals surface area contributed by atoms with Gasteiger partial charge in [0.2, 0.25) is 21.9 Å². The van der Waals surface area contributed by atoms with Crippen LogP contribution in [0.1, 0.15) is 20.3 Å². The maximum absolute atomic E-state index is 12.5. The van der Waals surface area contributed by atoms with Crippen molar-refractivity contribution in [2.45, 2.75) is 31.7 Å². The predicted molar refractivity (Wildman–Crippen MR) is 122 cm³/mol. The van der Waals surface area contributed by atoms with Crippen LogP contribution in [-0.2, 0) is 21.4 Å². The Balaban J connectivity index is 1.65. The number of rotatable bonds is 11. The minimum absolute atomic E-state index is 0.00271. The highest BCUT2D eigenvalue weighted by Crippen LogP contribution is 2.20. The molecular weight excluding hydrogens is 414 g/mol. The van der Waals surface area contributed by atoms with Crippen LogP contribution in [0.3, 0.4) is 0 Å². The zero-order valence-electron chi connectivity index (χ0n) is 17.9. The van der Waals surface area contributed by atoms with Crippen molar-refractivity contribution in [3.63, 3.8) is 0 Å². The third-order valence-corrected chi connectivity index (χ3v) is 6.61. The van der Waals surface area contributed by atoms with Gasteiger partial charge in [-0.1, -0.05) is 44.2 Å². The van der Waals surface area contributed by atoms with Crippen molar-refractivity contribution in [2.24, 2.45) is 0 Å². The first-order valence-electron chi connectivity index (χ1n) is 10.5. The van der Waals surface area contributed by atoms with Crippen LogP contribution in [0.25, 0.3) is 11.0 Å². The summed E-state index contributed by atoms with van der Waals surface area (Å²) in [5.41, 5.74) is 1.76. The van der Waals surface area contributed by atoms with Gasteiger partial charge in [0.05, 0.1) is 15.9 Å². The normalized spacial score (nSPS) is 11.8. The fraction of sp³-hybridized carbons (Fsp3) is 0.364. The summed E-state index contributed by atoms with van der Waals surface area (Å²) in [6.07, 6.45) is 0.00527. The van der Waals surface area contributed by atoms with Gasteiger partial charge in [-0.25, -0.2) is 18.1 Å². The lowest BCUT2D eigenvalue weighted by atomic mass is 10.3. The number of anilines is 1. The molecule has 9 heteroatoms. The van der Waals surface area contributed by atoms with Crippen molar-refractivity contribution in [3.8, 4) is 0 Å². The Hall–Kier alpha value is -2.75. The largest absolute Gasteiger partial charge is 0.309 e. The Morgan fingerprint density at radius 2 is 1.71 bits per heavy atom. The van der Waals surface area contributed by atoms with E-state index in [1.807, 2.05) is 28.8 Å². The van der Waals surface area contributed by atoms with E-state index in [4.69, 9.17) is 0 Å². The summed E-state index contributed by atoms with van der Waals surface area (Å²) in [6.45, 7) is 7.68. The van der Waals surface area contributed by atoms with Gasteiger partial charge < -0.3 is 9.47 Å². The van der Waals surface area contributed by atoms with Crippen LogP contribution in [0.2, 0.25) is 0 Å². The summed E-state index contributed by atoms with van der Waals surface area (Å²) in [6, 6.07) is 15.8. The van der Waals surface area contributed by atoms with E-state index in [0.717, 1.165) is 30.7 Å². The maximum Gasteiger partial charge on any atom is 0.240 e. The van der Waals surface area contributed by atoms with Crippen LogP contribution in [0.5, 0.6) is 0 Å². The number of nitrogens with zero attached hydrogens (tertiary/aromatic N) is 3. The molecule has 166 valence electrons. The van der Waals surface area contributed by atoms with Gasteiger partial charge in [0.25, 0.3) is 0 Å². The minimum Gasteiger partial charge on any atom is -0.309 e. The molecule has 2 aromatic carbocycles. The number of aromatic nitrogens is 2. The number of likely N-dealkylation sites (N-methyl/N-ethyl adjacent to an activating group) is 1. The SMILES string of the molecule is CCN(CC)CCn1c(NC(=O)CCNS(=O)(=O)c2ccccc2)nc2ccccc21. The number of nitrogens with one attached hydrogen (secondary N) is 2. The van der Waals surface area contributed by atoms with Crippen molar-refractivity contribution >= 4 is 32.9 Å². The summed E-state index contributed by atoms with van der Waals surface area (Å²) >= 11 is 0. The van der Waals surface area contributed by atoms with E-state index in [-0.39, 0.29) is 23.8 Å². The van der Waals surface area contributed by atoms with E-state index < -0.39 is 10.0 Å². The Morgan fingerprint density at radius 3 is 2.42 bits per heavy atom. The molecule has 3 rings (SSSR count). The second kappa shape index (κ2) is 10.5. The molecule has 0 aliphatic heterocycles. The summed E-state index contributed by atoms with van der Waals surface area (Å²) in [5, 5.41) is 2.85.